The highest BCUT2D eigenvalue weighted by atomic mass is 28.2. The smallest absolute Gasteiger partial charge is 0.282 e. The van der Waals surface area contributed by atoms with Crippen LogP contribution in [0, 0.1) is 0 Å². The van der Waals surface area contributed by atoms with E-state index < -0.39 is 5.97 Å². The van der Waals surface area contributed by atoms with E-state index in [0.29, 0.717) is 19.6 Å². The van der Waals surface area contributed by atoms with E-state index in [1.165, 1.54) is 0 Å². The Labute approximate surface area is 89.4 Å². The van der Waals surface area contributed by atoms with Gasteiger partial charge >= 0.3 is 0 Å². The average Bonchev–Trinajstić information content (AvgIpc) is 2.19. The van der Waals surface area contributed by atoms with Crippen LogP contribution in [-0.4, -0.2) is 43.4 Å². The van der Waals surface area contributed by atoms with Crippen molar-refractivity contribution in [2.24, 2.45) is 0 Å². The Hall–Kier alpha value is 0.0569. The van der Waals surface area contributed by atoms with Gasteiger partial charge < -0.3 is 18.6 Å². The van der Waals surface area contributed by atoms with E-state index in [9.17, 15) is 0 Å². The third-order valence-electron chi connectivity index (χ3n) is 1.87. The monoisotopic (exact) mass is 222 g/mol. The quantitative estimate of drug-likeness (QED) is 0.322. The average molecular weight is 222 g/mol. The first-order chi connectivity index (χ1) is 6.74. The summed E-state index contributed by atoms with van der Waals surface area (Å²) >= 11 is 0. The molecular weight excluding hydrogens is 200 g/mol. The molecular formula is C9H22O4Si. The highest BCUT2D eigenvalue weighted by Gasteiger charge is 2.30. The SMILES string of the molecule is CCOC(CCCO[SiH3])(OC)OCC. The fourth-order valence-corrected chi connectivity index (χ4v) is 1.57. The lowest BCUT2D eigenvalue weighted by atomic mass is 10.3. The first-order valence-corrected chi connectivity index (χ1v) is 5.88. The van der Waals surface area contributed by atoms with E-state index in [2.05, 4.69) is 0 Å². The molecule has 86 valence electrons. The van der Waals surface area contributed by atoms with Gasteiger partial charge in [-0.1, -0.05) is 0 Å². The first-order valence-electron chi connectivity index (χ1n) is 5.06. The molecule has 0 bridgehead atoms. The molecule has 0 unspecified atom stereocenters. The molecule has 0 radical (unpaired) electrons. The molecule has 14 heavy (non-hydrogen) atoms. The van der Waals surface area contributed by atoms with Crippen molar-refractivity contribution in [1.82, 2.24) is 0 Å². The summed E-state index contributed by atoms with van der Waals surface area (Å²) in [5, 5.41) is 0. The second-order valence-corrected chi connectivity index (χ2v) is 3.43. The molecule has 0 saturated carbocycles. The van der Waals surface area contributed by atoms with Crippen LogP contribution in [-0.2, 0) is 18.6 Å². The molecule has 5 heteroatoms. The van der Waals surface area contributed by atoms with E-state index in [1.807, 2.05) is 13.8 Å². The molecule has 0 aromatic rings. The summed E-state index contributed by atoms with van der Waals surface area (Å²) < 4.78 is 21.3. The lowest BCUT2D eigenvalue weighted by molar-refractivity contribution is -0.372. The highest BCUT2D eigenvalue weighted by molar-refractivity contribution is 5.97. The molecule has 0 N–H and O–H groups in total. The zero-order chi connectivity index (χ0) is 10.9. The third-order valence-corrected chi connectivity index (χ3v) is 2.28. The van der Waals surface area contributed by atoms with Crippen LogP contribution >= 0.6 is 0 Å². The van der Waals surface area contributed by atoms with Gasteiger partial charge in [0.15, 0.2) is 0 Å². The first kappa shape index (κ1) is 14.1. The van der Waals surface area contributed by atoms with Gasteiger partial charge in [-0.2, -0.15) is 0 Å². The van der Waals surface area contributed by atoms with Gasteiger partial charge in [0, 0.05) is 33.4 Å². The van der Waals surface area contributed by atoms with Crippen molar-refractivity contribution in [3.05, 3.63) is 0 Å². The molecule has 0 heterocycles. The van der Waals surface area contributed by atoms with Gasteiger partial charge in [0.1, 0.15) is 10.5 Å². The topological polar surface area (TPSA) is 36.9 Å². The van der Waals surface area contributed by atoms with E-state index in [4.69, 9.17) is 18.6 Å². The molecule has 0 aliphatic carbocycles. The van der Waals surface area contributed by atoms with Crippen molar-refractivity contribution in [2.45, 2.75) is 32.7 Å². The van der Waals surface area contributed by atoms with Crippen molar-refractivity contribution in [3.63, 3.8) is 0 Å². The van der Waals surface area contributed by atoms with Crippen LogP contribution in [0.15, 0.2) is 0 Å². The van der Waals surface area contributed by atoms with E-state index in [0.717, 1.165) is 23.5 Å². The standard InChI is InChI=1S/C9H22O4Si/c1-4-11-9(10-3,12-5-2)7-6-8-13-14/h4-8H2,1-3,14H3. The molecule has 0 aliphatic heterocycles. The second-order valence-electron chi connectivity index (χ2n) is 2.85. The molecule has 0 rings (SSSR count). The van der Waals surface area contributed by atoms with E-state index >= 15 is 0 Å². The summed E-state index contributed by atoms with van der Waals surface area (Å²) in [5.74, 6) is -0.871. The minimum atomic E-state index is -0.871. The molecule has 0 fully saturated rings. The van der Waals surface area contributed by atoms with Crippen molar-refractivity contribution in [2.75, 3.05) is 26.9 Å². The fraction of sp³-hybridized carbons (Fsp3) is 1.00. The Morgan fingerprint density at radius 1 is 1.14 bits per heavy atom. The molecule has 0 atom stereocenters. The highest BCUT2D eigenvalue weighted by Crippen LogP contribution is 2.20. The van der Waals surface area contributed by atoms with Crippen LogP contribution in [0.2, 0.25) is 0 Å². The lowest BCUT2D eigenvalue weighted by Crippen LogP contribution is -2.38. The van der Waals surface area contributed by atoms with E-state index in [1.54, 1.807) is 7.11 Å². The van der Waals surface area contributed by atoms with Crippen LogP contribution in [0.4, 0.5) is 0 Å². The predicted octanol–water partition coefficient (Wildman–Crippen LogP) is 0.437. The Morgan fingerprint density at radius 3 is 2.07 bits per heavy atom. The maximum atomic E-state index is 5.48. The normalized spacial score (nSPS) is 12.2. The summed E-state index contributed by atoms with van der Waals surface area (Å²) in [5.41, 5.74) is 0. The summed E-state index contributed by atoms with van der Waals surface area (Å²) in [6.45, 7) is 5.76. The largest absolute Gasteiger partial charge is 0.428 e. The molecule has 4 nitrogen and oxygen atoms in total. The minimum absolute atomic E-state index is 0.579. The Morgan fingerprint density at radius 2 is 1.71 bits per heavy atom. The molecule has 0 amide bonds. The van der Waals surface area contributed by atoms with Gasteiger partial charge in [-0.25, -0.2) is 0 Å². The molecule has 0 aromatic heterocycles. The van der Waals surface area contributed by atoms with Crippen molar-refractivity contribution >= 4 is 10.5 Å². The summed E-state index contributed by atoms with van der Waals surface area (Å²) in [4.78, 5) is 0. The molecule has 0 saturated heterocycles. The number of rotatable bonds is 9. The van der Waals surface area contributed by atoms with Gasteiger partial charge in [-0.3, -0.25) is 0 Å². The zero-order valence-electron chi connectivity index (χ0n) is 9.67. The van der Waals surface area contributed by atoms with Crippen LogP contribution < -0.4 is 0 Å². The summed E-state index contributed by atoms with van der Waals surface area (Å²) in [6, 6.07) is 0. The van der Waals surface area contributed by atoms with Crippen molar-refractivity contribution in [3.8, 4) is 0 Å². The number of methoxy groups -OCH3 is 1. The predicted molar refractivity (Wildman–Crippen MR) is 58.1 cm³/mol. The lowest BCUT2D eigenvalue weighted by Gasteiger charge is -2.31. The van der Waals surface area contributed by atoms with Gasteiger partial charge in [0.25, 0.3) is 5.97 Å². The third kappa shape index (κ3) is 5.07. The van der Waals surface area contributed by atoms with Crippen LogP contribution in [0.5, 0.6) is 0 Å². The minimum Gasteiger partial charge on any atom is -0.428 e. The van der Waals surface area contributed by atoms with Gasteiger partial charge in [0.2, 0.25) is 0 Å². The van der Waals surface area contributed by atoms with Gasteiger partial charge in [-0.15, -0.1) is 0 Å². The van der Waals surface area contributed by atoms with Crippen LogP contribution in [0.25, 0.3) is 0 Å². The van der Waals surface area contributed by atoms with E-state index in [-0.39, 0.29) is 0 Å². The maximum Gasteiger partial charge on any atom is 0.282 e. The Kier molecular flexibility index (Phi) is 8.41. The number of hydrogen-bond acceptors (Lipinski definition) is 4. The maximum absolute atomic E-state index is 5.48. The zero-order valence-corrected chi connectivity index (χ0v) is 11.7. The Balaban J connectivity index is 4.03. The fourth-order valence-electron chi connectivity index (χ4n) is 1.28. The number of hydrogen-bond donors (Lipinski definition) is 0. The Bertz CT molecular complexity index is 126. The number of ether oxygens (including phenoxy) is 3. The van der Waals surface area contributed by atoms with Crippen LogP contribution in [0.3, 0.4) is 0 Å². The van der Waals surface area contributed by atoms with Crippen molar-refractivity contribution in [1.29, 1.82) is 0 Å². The van der Waals surface area contributed by atoms with Crippen molar-refractivity contribution < 1.29 is 18.6 Å². The molecule has 0 aliphatic rings. The molecule has 0 spiro atoms. The molecule has 0 aromatic carbocycles. The summed E-state index contributed by atoms with van der Waals surface area (Å²) in [7, 11) is 2.38. The van der Waals surface area contributed by atoms with Crippen LogP contribution in [0.1, 0.15) is 26.7 Å². The van der Waals surface area contributed by atoms with Gasteiger partial charge in [0.05, 0.1) is 0 Å². The summed E-state index contributed by atoms with van der Waals surface area (Å²) in [6.07, 6.45) is 1.59. The van der Waals surface area contributed by atoms with Gasteiger partial charge in [-0.05, 0) is 20.3 Å². The second kappa shape index (κ2) is 8.37.